The van der Waals surface area contributed by atoms with Crippen LogP contribution >= 0.6 is 11.3 Å². The van der Waals surface area contributed by atoms with Crippen LogP contribution in [0, 0.1) is 0 Å². The molecule has 1 aromatic rings. The minimum absolute atomic E-state index is 0.0619. The molecule has 2 rings (SSSR count). The highest BCUT2D eigenvalue weighted by molar-refractivity contribution is 7.90. The summed E-state index contributed by atoms with van der Waals surface area (Å²) in [5, 5.41) is 1.70. The molecule has 0 unspecified atom stereocenters. The number of ether oxygens (including phenoxy) is 1. The molecule has 0 spiro atoms. The monoisotopic (exact) mass is 260 g/mol. The standard InChI is InChI=1S/C10H12O4S2/c1-2-14-10(11)8-5-15-9-6-16(12,13)4-3-7(8)9/h5H,2-4,6H2,1H3. The summed E-state index contributed by atoms with van der Waals surface area (Å²) in [6.07, 6.45) is 0.426. The Hall–Kier alpha value is -0.880. The number of hydrogen-bond donors (Lipinski definition) is 0. The smallest absolute Gasteiger partial charge is 0.339 e. The van der Waals surface area contributed by atoms with E-state index in [4.69, 9.17) is 4.74 Å². The minimum atomic E-state index is -2.96. The van der Waals surface area contributed by atoms with Crippen molar-refractivity contribution < 1.29 is 17.9 Å². The first-order valence-corrected chi connectivity index (χ1v) is 7.70. The van der Waals surface area contributed by atoms with Crippen molar-refractivity contribution in [1.82, 2.24) is 0 Å². The molecule has 0 radical (unpaired) electrons. The number of fused-ring (bicyclic) bond motifs is 1. The first-order valence-electron chi connectivity index (χ1n) is 5.00. The van der Waals surface area contributed by atoms with Gasteiger partial charge in [0.15, 0.2) is 9.84 Å². The van der Waals surface area contributed by atoms with Crippen LogP contribution in [0.1, 0.15) is 27.7 Å². The third-order valence-electron chi connectivity index (χ3n) is 2.49. The number of thiophene rings is 1. The van der Waals surface area contributed by atoms with E-state index in [0.717, 1.165) is 10.4 Å². The molecule has 0 aromatic carbocycles. The molecule has 0 saturated carbocycles. The summed E-state index contributed by atoms with van der Waals surface area (Å²) in [5.74, 6) is -0.158. The predicted molar refractivity (Wildman–Crippen MR) is 61.5 cm³/mol. The van der Waals surface area contributed by atoms with Gasteiger partial charge in [-0.1, -0.05) is 0 Å². The van der Waals surface area contributed by atoms with E-state index in [0.29, 0.717) is 18.6 Å². The molecule has 4 nitrogen and oxygen atoms in total. The molecular weight excluding hydrogens is 248 g/mol. The maximum atomic E-state index is 11.6. The first kappa shape index (κ1) is 11.6. The SMILES string of the molecule is CCOC(=O)c1csc2c1CCS(=O)(=O)C2. The number of carbonyl (C=O) groups is 1. The van der Waals surface area contributed by atoms with Crippen molar-refractivity contribution in [3.8, 4) is 0 Å². The zero-order valence-corrected chi connectivity index (χ0v) is 10.5. The molecule has 1 aliphatic rings. The average molecular weight is 260 g/mol. The quantitative estimate of drug-likeness (QED) is 0.754. The Morgan fingerprint density at radius 3 is 3.00 bits per heavy atom. The van der Waals surface area contributed by atoms with Gasteiger partial charge in [-0.25, -0.2) is 13.2 Å². The highest BCUT2D eigenvalue weighted by Crippen LogP contribution is 2.30. The number of carbonyl (C=O) groups excluding carboxylic acids is 1. The van der Waals surface area contributed by atoms with Crippen LogP contribution in [0.25, 0.3) is 0 Å². The van der Waals surface area contributed by atoms with Crippen molar-refractivity contribution >= 4 is 27.1 Å². The fourth-order valence-electron chi connectivity index (χ4n) is 1.73. The van der Waals surface area contributed by atoms with Crippen molar-refractivity contribution in [2.45, 2.75) is 19.1 Å². The Morgan fingerprint density at radius 1 is 1.56 bits per heavy atom. The van der Waals surface area contributed by atoms with Crippen molar-refractivity contribution in [2.75, 3.05) is 12.4 Å². The molecule has 88 valence electrons. The van der Waals surface area contributed by atoms with Crippen molar-refractivity contribution in [1.29, 1.82) is 0 Å². The summed E-state index contributed by atoms with van der Waals surface area (Å²) >= 11 is 1.33. The summed E-state index contributed by atoms with van der Waals surface area (Å²) in [6, 6.07) is 0. The molecule has 1 aromatic heterocycles. The van der Waals surface area contributed by atoms with Gasteiger partial charge >= 0.3 is 5.97 Å². The lowest BCUT2D eigenvalue weighted by Crippen LogP contribution is -2.19. The van der Waals surface area contributed by atoms with Crippen molar-refractivity contribution in [3.05, 3.63) is 21.4 Å². The summed E-state index contributed by atoms with van der Waals surface area (Å²) in [5.41, 5.74) is 1.40. The number of sulfone groups is 1. The zero-order chi connectivity index (χ0) is 11.8. The molecule has 0 bridgehead atoms. The van der Waals surface area contributed by atoms with Crippen molar-refractivity contribution in [2.24, 2.45) is 0 Å². The van der Waals surface area contributed by atoms with Gasteiger partial charge in [0.25, 0.3) is 0 Å². The van der Waals surface area contributed by atoms with Crippen LogP contribution in [0.2, 0.25) is 0 Å². The normalized spacial score (nSPS) is 17.8. The Kier molecular flexibility index (Phi) is 3.03. The van der Waals surface area contributed by atoms with Crippen LogP contribution in [-0.2, 0) is 26.7 Å². The Bertz CT molecular complexity index is 513. The lowest BCUT2D eigenvalue weighted by atomic mass is 10.1. The summed E-state index contributed by atoms with van der Waals surface area (Å²) in [6.45, 7) is 2.09. The molecule has 1 aliphatic heterocycles. The fraction of sp³-hybridized carbons (Fsp3) is 0.500. The molecule has 2 heterocycles. The largest absolute Gasteiger partial charge is 0.462 e. The molecule has 0 fully saturated rings. The molecular formula is C10H12O4S2. The van der Waals surface area contributed by atoms with Gasteiger partial charge in [-0.2, -0.15) is 0 Å². The van der Waals surface area contributed by atoms with E-state index in [-0.39, 0.29) is 17.5 Å². The number of rotatable bonds is 2. The molecule has 16 heavy (non-hydrogen) atoms. The van der Waals surface area contributed by atoms with E-state index in [9.17, 15) is 13.2 Å². The van der Waals surface area contributed by atoms with E-state index >= 15 is 0 Å². The lowest BCUT2D eigenvalue weighted by Gasteiger charge is -2.13. The molecule has 0 N–H and O–H groups in total. The van der Waals surface area contributed by atoms with Crippen LogP contribution < -0.4 is 0 Å². The van der Waals surface area contributed by atoms with Crippen LogP contribution in [0.15, 0.2) is 5.38 Å². The van der Waals surface area contributed by atoms with Crippen molar-refractivity contribution in [3.63, 3.8) is 0 Å². The minimum Gasteiger partial charge on any atom is -0.462 e. The van der Waals surface area contributed by atoms with Gasteiger partial charge in [-0.3, -0.25) is 0 Å². The van der Waals surface area contributed by atoms with E-state index in [1.54, 1.807) is 12.3 Å². The van der Waals surface area contributed by atoms with Gasteiger partial charge in [0, 0.05) is 10.3 Å². The van der Waals surface area contributed by atoms with Crippen LogP contribution in [-0.4, -0.2) is 26.7 Å². The molecule has 0 aliphatic carbocycles. The van der Waals surface area contributed by atoms with E-state index in [1.807, 2.05) is 0 Å². The van der Waals surface area contributed by atoms with Gasteiger partial charge in [0.1, 0.15) is 0 Å². The second kappa shape index (κ2) is 4.18. The van der Waals surface area contributed by atoms with E-state index < -0.39 is 9.84 Å². The first-order chi connectivity index (χ1) is 7.53. The summed E-state index contributed by atoms with van der Waals surface area (Å²) in [4.78, 5) is 12.4. The van der Waals surface area contributed by atoms with Crippen LogP contribution in [0.4, 0.5) is 0 Å². The van der Waals surface area contributed by atoms with Gasteiger partial charge in [0.2, 0.25) is 0 Å². The summed E-state index contributed by atoms with van der Waals surface area (Å²) < 4.78 is 27.7. The van der Waals surface area contributed by atoms with E-state index in [2.05, 4.69) is 0 Å². The van der Waals surface area contributed by atoms with Crippen LogP contribution in [0.5, 0.6) is 0 Å². The lowest BCUT2D eigenvalue weighted by molar-refractivity contribution is 0.0525. The Morgan fingerprint density at radius 2 is 2.31 bits per heavy atom. The zero-order valence-electron chi connectivity index (χ0n) is 8.86. The van der Waals surface area contributed by atoms with Gasteiger partial charge < -0.3 is 4.74 Å². The number of esters is 1. The number of hydrogen-bond acceptors (Lipinski definition) is 5. The fourth-order valence-corrected chi connectivity index (χ4v) is 4.62. The second-order valence-electron chi connectivity index (χ2n) is 3.61. The third kappa shape index (κ3) is 2.12. The summed E-state index contributed by atoms with van der Waals surface area (Å²) in [7, 11) is -2.96. The highest BCUT2D eigenvalue weighted by atomic mass is 32.2. The molecule has 0 atom stereocenters. The second-order valence-corrected chi connectivity index (χ2v) is 6.76. The van der Waals surface area contributed by atoms with Gasteiger partial charge in [-0.15, -0.1) is 11.3 Å². The Balaban J connectivity index is 2.33. The maximum Gasteiger partial charge on any atom is 0.339 e. The average Bonchev–Trinajstić information content (AvgIpc) is 2.59. The third-order valence-corrected chi connectivity index (χ3v) is 5.26. The predicted octanol–water partition coefficient (Wildman–Crippen LogP) is 1.40. The molecule has 0 amide bonds. The topological polar surface area (TPSA) is 60.4 Å². The maximum absolute atomic E-state index is 11.6. The van der Waals surface area contributed by atoms with E-state index in [1.165, 1.54) is 11.3 Å². The highest BCUT2D eigenvalue weighted by Gasteiger charge is 2.27. The van der Waals surface area contributed by atoms with Crippen LogP contribution in [0.3, 0.4) is 0 Å². The van der Waals surface area contributed by atoms with Gasteiger partial charge in [-0.05, 0) is 18.9 Å². The Labute approximate surface area is 98.2 Å². The molecule has 0 saturated heterocycles. The molecule has 6 heteroatoms. The van der Waals surface area contributed by atoms with Gasteiger partial charge in [0.05, 0.1) is 23.7 Å².